The van der Waals surface area contributed by atoms with E-state index in [-0.39, 0.29) is 40.7 Å². The first-order valence-electron chi connectivity index (χ1n) is 20.2. The Bertz CT molecular complexity index is 1530. The maximum absolute atomic E-state index is 15.0. The number of rotatable bonds is 15. The second kappa shape index (κ2) is 16.2. The van der Waals surface area contributed by atoms with Crippen molar-refractivity contribution in [3.63, 3.8) is 0 Å². The van der Waals surface area contributed by atoms with Crippen LogP contribution in [0.4, 0.5) is 0 Å². The Morgan fingerprint density at radius 3 is 2.23 bits per heavy atom. The SMILES string of the molecule is CCCNC(=O)C(=O)C(CC1CC1)NC(=O)C1C2C(CN1C(=O)C(NC(=O)C(NC(=O)c1cnccn1)C1CCCCC1)C1(C)CCCCC1)C2(C)C. The third kappa shape index (κ3) is 8.59. The third-order valence-corrected chi connectivity index (χ3v) is 13.1. The quantitative estimate of drug-likeness (QED) is 0.198. The number of amides is 5. The molecule has 1 aliphatic heterocycles. The van der Waals surface area contributed by atoms with Crippen LogP contribution in [0.2, 0.25) is 0 Å². The van der Waals surface area contributed by atoms with Crippen molar-refractivity contribution in [1.82, 2.24) is 36.1 Å². The summed E-state index contributed by atoms with van der Waals surface area (Å²) in [5, 5.41) is 11.7. The lowest BCUT2D eigenvalue weighted by atomic mass is 9.69. The number of carbonyl (C=O) groups is 6. The molecule has 13 nitrogen and oxygen atoms in total. The molecule has 290 valence electrons. The van der Waals surface area contributed by atoms with E-state index in [1.165, 1.54) is 18.6 Å². The molecular weight excluding hydrogens is 674 g/mol. The van der Waals surface area contributed by atoms with E-state index < -0.39 is 59.0 Å². The van der Waals surface area contributed by atoms with Gasteiger partial charge in [-0.25, -0.2) is 4.98 Å². The average Bonchev–Trinajstić information content (AvgIpc) is 4.02. The molecule has 13 heteroatoms. The zero-order chi connectivity index (χ0) is 37.9. The van der Waals surface area contributed by atoms with E-state index >= 15 is 4.79 Å². The normalized spacial score (nSPS) is 26.3. The number of hydrogen-bond acceptors (Lipinski definition) is 8. The smallest absolute Gasteiger partial charge is 0.289 e. The lowest BCUT2D eigenvalue weighted by molar-refractivity contribution is -0.148. The number of Topliss-reactive ketones (excluding diaryl/α,β-unsaturated/α-hetero) is 1. The first kappa shape index (κ1) is 38.8. The standard InChI is InChI=1S/C40H59N7O6/c1-5-18-43-37(52)32(48)27(21-24-14-15-24)44-36(51)31-29-26(39(29,2)3)23-47(31)38(53)33(40(4)16-10-7-11-17-40)46-35(50)30(25-12-8-6-9-13-25)45-34(49)28-22-41-19-20-42-28/h19-20,22,24-27,29-31,33H,5-18,21,23H2,1-4H3,(H,43,52)(H,44,51)(H,45,49)(H,46,50). The van der Waals surface area contributed by atoms with Crippen molar-refractivity contribution in [3.8, 4) is 0 Å². The Labute approximate surface area is 313 Å². The number of piperidine rings is 1. The first-order chi connectivity index (χ1) is 25.4. The fourth-order valence-electron chi connectivity index (χ4n) is 9.55. The Balaban J connectivity index is 1.26. The minimum absolute atomic E-state index is 0.0874. The molecule has 1 aromatic heterocycles. The molecule has 6 unspecified atom stereocenters. The minimum atomic E-state index is -0.967. The van der Waals surface area contributed by atoms with Crippen molar-refractivity contribution in [1.29, 1.82) is 0 Å². The molecule has 5 fully saturated rings. The first-order valence-corrected chi connectivity index (χ1v) is 20.2. The molecular formula is C40H59N7O6. The fraction of sp³-hybridized carbons (Fsp3) is 0.750. The largest absolute Gasteiger partial charge is 0.349 e. The van der Waals surface area contributed by atoms with Gasteiger partial charge in [-0.15, -0.1) is 0 Å². The van der Waals surface area contributed by atoms with Gasteiger partial charge in [-0.3, -0.25) is 33.8 Å². The number of nitrogens with zero attached hydrogens (tertiary/aromatic N) is 3. The Morgan fingerprint density at radius 2 is 1.58 bits per heavy atom. The number of aromatic nitrogens is 2. The van der Waals surface area contributed by atoms with Crippen LogP contribution in [0.25, 0.3) is 0 Å². The molecule has 1 aromatic rings. The molecule has 0 bridgehead atoms. The highest BCUT2D eigenvalue weighted by Crippen LogP contribution is 2.65. The van der Waals surface area contributed by atoms with Gasteiger partial charge in [-0.2, -0.15) is 0 Å². The van der Waals surface area contributed by atoms with Crippen molar-refractivity contribution < 1.29 is 28.8 Å². The second-order valence-electron chi connectivity index (χ2n) is 17.3. The lowest BCUT2D eigenvalue weighted by Crippen LogP contribution is -2.64. The maximum Gasteiger partial charge on any atom is 0.289 e. The van der Waals surface area contributed by atoms with Crippen molar-refractivity contribution in [3.05, 3.63) is 24.3 Å². The van der Waals surface area contributed by atoms with E-state index in [1.807, 2.05) is 6.92 Å². The van der Waals surface area contributed by atoms with Gasteiger partial charge in [0.25, 0.3) is 11.8 Å². The van der Waals surface area contributed by atoms with Crippen LogP contribution in [0.3, 0.4) is 0 Å². The van der Waals surface area contributed by atoms with Crippen molar-refractivity contribution >= 4 is 35.3 Å². The zero-order valence-electron chi connectivity index (χ0n) is 32.0. The van der Waals surface area contributed by atoms with Crippen LogP contribution < -0.4 is 21.3 Å². The van der Waals surface area contributed by atoms with Crippen LogP contribution >= 0.6 is 0 Å². The number of hydrogen-bond donors (Lipinski definition) is 4. The van der Waals surface area contributed by atoms with Gasteiger partial charge < -0.3 is 26.2 Å². The molecule has 4 aliphatic carbocycles. The predicted molar refractivity (Wildman–Crippen MR) is 197 cm³/mol. The van der Waals surface area contributed by atoms with Crippen LogP contribution in [-0.4, -0.2) is 87.4 Å². The molecule has 4 N–H and O–H groups in total. The van der Waals surface area contributed by atoms with E-state index in [2.05, 4.69) is 52.0 Å². The summed E-state index contributed by atoms with van der Waals surface area (Å²) in [5.74, 6) is -2.84. The van der Waals surface area contributed by atoms with Crippen LogP contribution in [0.5, 0.6) is 0 Å². The summed E-state index contributed by atoms with van der Waals surface area (Å²) < 4.78 is 0. The number of carbonyl (C=O) groups excluding carboxylic acids is 6. The van der Waals surface area contributed by atoms with Gasteiger partial charge in [0.05, 0.1) is 12.2 Å². The van der Waals surface area contributed by atoms with E-state index in [9.17, 15) is 24.0 Å². The molecule has 0 aromatic carbocycles. The molecule has 1 saturated heterocycles. The van der Waals surface area contributed by atoms with Crippen LogP contribution in [0.15, 0.2) is 18.6 Å². The topological polar surface area (TPSA) is 180 Å². The third-order valence-electron chi connectivity index (χ3n) is 13.1. The van der Waals surface area contributed by atoms with Crippen LogP contribution in [0.1, 0.15) is 128 Å². The van der Waals surface area contributed by atoms with Crippen molar-refractivity contribution in [2.24, 2.45) is 34.5 Å². The highest BCUT2D eigenvalue weighted by molar-refractivity contribution is 6.38. The molecule has 6 atom stereocenters. The van der Waals surface area contributed by atoms with Gasteiger partial charge in [0.2, 0.25) is 23.5 Å². The lowest BCUT2D eigenvalue weighted by Gasteiger charge is -2.44. The summed E-state index contributed by atoms with van der Waals surface area (Å²) in [5.41, 5.74) is -0.637. The molecule has 6 rings (SSSR count). The number of fused-ring (bicyclic) bond motifs is 1. The highest BCUT2D eigenvalue weighted by Gasteiger charge is 2.70. The molecule has 5 aliphatic rings. The summed E-state index contributed by atoms with van der Waals surface area (Å²) in [6.45, 7) is 8.90. The van der Waals surface area contributed by atoms with E-state index in [4.69, 9.17) is 0 Å². The average molecular weight is 734 g/mol. The second-order valence-corrected chi connectivity index (χ2v) is 17.3. The summed E-state index contributed by atoms with van der Waals surface area (Å²) in [6.07, 6.45) is 16.1. The van der Waals surface area contributed by atoms with Gasteiger partial charge in [0.15, 0.2) is 0 Å². The van der Waals surface area contributed by atoms with Crippen LogP contribution in [0, 0.1) is 34.5 Å². The zero-order valence-corrected chi connectivity index (χ0v) is 32.0. The van der Waals surface area contributed by atoms with Gasteiger partial charge in [0.1, 0.15) is 23.8 Å². The van der Waals surface area contributed by atoms with Crippen LogP contribution in [-0.2, 0) is 24.0 Å². The predicted octanol–water partition coefficient (Wildman–Crippen LogP) is 3.47. The number of likely N-dealkylation sites (tertiary alicyclic amines) is 1. The summed E-state index contributed by atoms with van der Waals surface area (Å²) >= 11 is 0. The van der Waals surface area contributed by atoms with Gasteiger partial charge in [0, 0.05) is 25.5 Å². The van der Waals surface area contributed by atoms with Gasteiger partial charge in [-0.1, -0.05) is 79.1 Å². The Hall–Kier alpha value is -3.90. The Kier molecular flexibility index (Phi) is 11.9. The number of nitrogens with one attached hydrogen (secondary N) is 4. The maximum atomic E-state index is 15.0. The van der Waals surface area contributed by atoms with E-state index in [1.54, 1.807) is 4.90 Å². The highest BCUT2D eigenvalue weighted by atomic mass is 16.2. The van der Waals surface area contributed by atoms with Gasteiger partial charge >= 0.3 is 0 Å². The van der Waals surface area contributed by atoms with E-state index in [0.717, 1.165) is 77.0 Å². The molecule has 4 saturated carbocycles. The van der Waals surface area contributed by atoms with Gasteiger partial charge in [-0.05, 0) is 73.0 Å². The molecule has 0 spiro atoms. The minimum Gasteiger partial charge on any atom is -0.349 e. The van der Waals surface area contributed by atoms with Crippen molar-refractivity contribution in [2.75, 3.05) is 13.1 Å². The summed E-state index contributed by atoms with van der Waals surface area (Å²) in [7, 11) is 0. The monoisotopic (exact) mass is 733 g/mol. The number of ketones is 1. The molecule has 5 amide bonds. The van der Waals surface area contributed by atoms with Crippen molar-refractivity contribution in [2.45, 2.75) is 142 Å². The Morgan fingerprint density at radius 1 is 0.887 bits per heavy atom. The summed E-state index contributed by atoms with van der Waals surface area (Å²) in [4.78, 5) is 93.2. The molecule has 0 radical (unpaired) electrons. The fourth-order valence-corrected chi connectivity index (χ4v) is 9.55. The molecule has 2 heterocycles. The summed E-state index contributed by atoms with van der Waals surface area (Å²) in [6, 6.07) is -3.60. The van der Waals surface area contributed by atoms with E-state index in [0.29, 0.717) is 25.9 Å². The molecule has 53 heavy (non-hydrogen) atoms.